The zero-order valence-corrected chi connectivity index (χ0v) is 8.58. The number of hydrogen-bond donors (Lipinski definition) is 1. The summed E-state index contributed by atoms with van der Waals surface area (Å²) >= 11 is 0. The molecular weight excluding hydrogens is 157 g/mol. The Morgan fingerprint density at radius 3 is 2.00 bits per heavy atom. The lowest BCUT2D eigenvalue weighted by Crippen LogP contribution is -2.33. The van der Waals surface area contributed by atoms with Gasteiger partial charge in [0.15, 0.2) is 0 Å². The van der Waals surface area contributed by atoms with Crippen LogP contribution in [-0.4, -0.2) is 17.9 Å². The summed E-state index contributed by atoms with van der Waals surface area (Å²) in [6.07, 6.45) is 4.09. The summed E-state index contributed by atoms with van der Waals surface area (Å²) in [5, 5.41) is 3.25. The van der Waals surface area contributed by atoms with E-state index in [-0.39, 0.29) is 5.54 Å². The van der Waals surface area contributed by atoms with E-state index in [2.05, 4.69) is 25.9 Å². The molecule has 0 aliphatic carbocycles. The molecule has 2 nitrogen and oxygen atoms in total. The second-order valence-electron chi connectivity index (χ2n) is 4.41. The Morgan fingerprint density at radius 2 is 1.64 bits per heavy atom. The Kier molecular flexibility index (Phi) is 2.46. The van der Waals surface area contributed by atoms with Crippen molar-refractivity contribution in [2.75, 3.05) is 12.3 Å². The molecule has 0 aromatic heterocycles. The molecule has 0 atom stereocenters. The lowest BCUT2D eigenvalue weighted by molar-refractivity contribution is 0.492. The van der Waals surface area contributed by atoms with E-state index in [4.69, 9.17) is 0 Å². The minimum Gasteiger partial charge on any atom is -0.307 e. The van der Waals surface area contributed by atoms with Gasteiger partial charge in [0.2, 0.25) is 0 Å². The second kappa shape index (κ2) is 2.91. The molecule has 66 valence electrons. The maximum absolute atomic E-state index is 11.9. The molecule has 0 unspecified atom stereocenters. The maximum Gasteiger partial charge on any atom is 0.148 e. The van der Waals surface area contributed by atoms with Gasteiger partial charge in [0.25, 0.3) is 0 Å². The van der Waals surface area contributed by atoms with Gasteiger partial charge in [-0.05, 0) is 33.6 Å². The number of nitrogens with one attached hydrogen (secondary N) is 1. The molecule has 0 spiro atoms. The van der Waals surface area contributed by atoms with E-state index < -0.39 is 7.29 Å². The summed E-state index contributed by atoms with van der Waals surface area (Å²) in [4.78, 5) is 0. The van der Waals surface area contributed by atoms with Gasteiger partial charge < -0.3 is 4.57 Å². The average Bonchev–Trinajstić information content (AvgIpc) is 2.09. The van der Waals surface area contributed by atoms with Crippen molar-refractivity contribution < 1.29 is 4.57 Å². The topological polar surface area (TPSA) is 29.1 Å². The molecule has 1 heterocycles. The van der Waals surface area contributed by atoms with Crippen LogP contribution < -0.4 is 5.09 Å². The summed E-state index contributed by atoms with van der Waals surface area (Å²) in [7, 11) is -1.94. The fourth-order valence-corrected chi connectivity index (χ4v) is 4.71. The molecule has 3 heteroatoms. The van der Waals surface area contributed by atoms with E-state index in [0.29, 0.717) is 0 Å². The molecule has 0 saturated carbocycles. The van der Waals surface area contributed by atoms with Gasteiger partial charge >= 0.3 is 0 Å². The minimum absolute atomic E-state index is 0.0138. The molecule has 0 aromatic carbocycles. The summed E-state index contributed by atoms with van der Waals surface area (Å²) in [6.45, 7) is 6.22. The Hall–Kier alpha value is 0.190. The molecule has 1 fully saturated rings. The second-order valence-corrected chi connectivity index (χ2v) is 7.30. The van der Waals surface area contributed by atoms with Gasteiger partial charge in [-0.25, -0.2) is 0 Å². The zero-order chi connectivity index (χ0) is 8.54. The first kappa shape index (κ1) is 9.28. The van der Waals surface area contributed by atoms with Gasteiger partial charge in [0.1, 0.15) is 7.29 Å². The van der Waals surface area contributed by atoms with E-state index >= 15 is 0 Å². The van der Waals surface area contributed by atoms with Gasteiger partial charge in [-0.3, -0.25) is 5.09 Å². The van der Waals surface area contributed by atoms with Crippen molar-refractivity contribution in [1.82, 2.24) is 5.09 Å². The maximum atomic E-state index is 11.9. The normalized spacial score (nSPS) is 23.9. The molecule has 0 amide bonds. The van der Waals surface area contributed by atoms with Crippen LogP contribution in [0.4, 0.5) is 0 Å². The Morgan fingerprint density at radius 1 is 1.18 bits per heavy atom. The minimum atomic E-state index is -1.94. The Balaban J connectivity index is 2.54. The molecule has 1 rings (SSSR count). The highest BCUT2D eigenvalue weighted by Gasteiger charge is 2.30. The monoisotopic (exact) mass is 175 g/mol. The van der Waals surface area contributed by atoms with Gasteiger partial charge in [-0.15, -0.1) is 0 Å². The standard InChI is InChI=1S/C8H18NOP/c1-8(2,3)9-11(10)6-4-5-7-11/h4-7H2,1-3H3,(H,9,10). The molecule has 0 aromatic rings. The Bertz CT molecular complexity index is 173. The first-order valence-corrected chi connectivity index (χ1v) is 6.37. The van der Waals surface area contributed by atoms with Crippen LogP contribution in [0.5, 0.6) is 0 Å². The largest absolute Gasteiger partial charge is 0.307 e. The molecule has 1 N–H and O–H groups in total. The van der Waals surface area contributed by atoms with Crippen LogP contribution >= 0.6 is 7.29 Å². The van der Waals surface area contributed by atoms with E-state index in [0.717, 1.165) is 25.2 Å². The van der Waals surface area contributed by atoms with Crippen LogP contribution in [0.3, 0.4) is 0 Å². The third-order valence-electron chi connectivity index (χ3n) is 1.83. The lowest BCUT2D eigenvalue weighted by Gasteiger charge is -2.25. The quantitative estimate of drug-likeness (QED) is 0.620. The molecule has 1 aliphatic heterocycles. The van der Waals surface area contributed by atoms with Gasteiger partial charge in [0, 0.05) is 17.9 Å². The van der Waals surface area contributed by atoms with E-state index in [1.54, 1.807) is 0 Å². The molecule has 1 saturated heterocycles. The molecule has 0 bridgehead atoms. The highest BCUT2D eigenvalue weighted by molar-refractivity contribution is 7.62. The molecule has 11 heavy (non-hydrogen) atoms. The van der Waals surface area contributed by atoms with Crippen LogP contribution in [0.2, 0.25) is 0 Å². The highest BCUT2D eigenvalue weighted by atomic mass is 31.2. The van der Waals surface area contributed by atoms with Crippen LogP contribution in [-0.2, 0) is 4.57 Å². The first-order valence-electron chi connectivity index (χ1n) is 4.29. The van der Waals surface area contributed by atoms with Crippen molar-refractivity contribution >= 4 is 7.29 Å². The highest BCUT2D eigenvalue weighted by Crippen LogP contribution is 2.49. The third kappa shape index (κ3) is 2.96. The van der Waals surface area contributed by atoms with Gasteiger partial charge in [-0.2, -0.15) is 0 Å². The smallest absolute Gasteiger partial charge is 0.148 e. The van der Waals surface area contributed by atoms with E-state index in [9.17, 15) is 4.57 Å². The van der Waals surface area contributed by atoms with Crippen molar-refractivity contribution in [3.8, 4) is 0 Å². The predicted molar refractivity (Wildman–Crippen MR) is 49.5 cm³/mol. The fourth-order valence-electron chi connectivity index (χ4n) is 1.57. The Labute approximate surface area is 69.2 Å². The average molecular weight is 175 g/mol. The first-order chi connectivity index (χ1) is 4.91. The van der Waals surface area contributed by atoms with E-state index in [1.807, 2.05) is 0 Å². The zero-order valence-electron chi connectivity index (χ0n) is 7.68. The molecular formula is C8H18NOP. The van der Waals surface area contributed by atoms with Gasteiger partial charge in [0.05, 0.1) is 0 Å². The van der Waals surface area contributed by atoms with Crippen molar-refractivity contribution in [1.29, 1.82) is 0 Å². The van der Waals surface area contributed by atoms with E-state index in [1.165, 1.54) is 0 Å². The lowest BCUT2D eigenvalue weighted by atomic mass is 10.1. The van der Waals surface area contributed by atoms with Crippen LogP contribution in [0.15, 0.2) is 0 Å². The summed E-state index contributed by atoms with van der Waals surface area (Å²) in [6, 6.07) is 0. The number of rotatable bonds is 1. The molecule has 0 radical (unpaired) electrons. The third-order valence-corrected chi connectivity index (χ3v) is 4.98. The van der Waals surface area contributed by atoms with Crippen molar-refractivity contribution in [2.24, 2.45) is 0 Å². The van der Waals surface area contributed by atoms with Crippen LogP contribution in [0, 0.1) is 0 Å². The summed E-state index contributed by atoms with van der Waals surface area (Å²) < 4.78 is 11.9. The predicted octanol–water partition coefficient (Wildman–Crippen LogP) is 2.45. The summed E-state index contributed by atoms with van der Waals surface area (Å²) in [5.41, 5.74) is 0.0138. The van der Waals surface area contributed by atoms with Crippen molar-refractivity contribution in [3.05, 3.63) is 0 Å². The fraction of sp³-hybridized carbons (Fsp3) is 1.00. The summed E-state index contributed by atoms with van der Waals surface area (Å²) in [5.74, 6) is 0. The van der Waals surface area contributed by atoms with Crippen molar-refractivity contribution in [2.45, 2.75) is 39.2 Å². The molecule has 1 aliphatic rings. The van der Waals surface area contributed by atoms with Crippen LogP contribution in [0.1, 0.15) is 33.6 Å². The SMILES string of the molecule is CC(C)(C)NP1(=O)CCCC1. The van der Waals surface area contributed by atoms with Crippen molar-refractivity contribution in [3.63, 3.8) is 0 Å². The number of hydrogen-bond acceptors (Lipinski definition) is 1. The van der Waals surface area contributed by atoms with Gasteiger partial charge in [-0.1, -0.05) is 0 Å². The van der Waals surface area contributed by atoms with Crippen LogP contribution in [0.25, 0.3) is 0 Å².